The Hall–Kier alpha value is -2.42. The van der Waals surface area contributed by atoms with Crippen molar-refractivity contribution in [3.8, 4) is 11.5 Å². The van der Waals surface area contributed by atoms with Crippen molar-refractivity contribution in [1.29, 1.82) is 0 Å². The van der Waals surface area contributed by atoms with Crippen LogP contribution in [0, 0.1) is 0 Å². The Morgan fingerprint density at radius 2 is 1.84 bits per heavy atom. The third-order valence-electron chi connectivity index (χ3n) is 4.48. The van der Waals surface area contributed by atoms with Crippen LogP contribution >= 0.6 is 35.0 Å². The molecule has 1 aromatic heterocycles. The van der Waals surface area contributed by atoms with E-state index in [1.807, 2.05) is 49.6 Å². The Bertz CT molecular complexity index is 1090. The molecule has 0 spiro atoms. The number of amides is 1. The van der Waals surface area contributed by atoms with Crippen molar-refractivity contribution in [1.82, 2.24) is 14.8 Å². The summed E-state index contributed by atoms with van der Waals surface area (Å²) in [6.07, 6.45) is -0.378. The first kappa shape index (κ1) is 24.2. The Kier molecular flexibility index (Phi) is 8.28. The second kappa shape index (κ2) is 10.9. The topological polar surface area (TPSA) is 78.3 Å². The second-order valence-corrected chi connectivity index (χ2v) is 8.96. The number of thioether (sulfide) groups is 1. The van der Waals surface area contributed by atoms with Crippen LogP contribution in [0.5, 0.6) is 11.5 Å². The number of ether oxygens (including phenoxy) is 2. The van der Waals surface area contributed by atoms with Gasteiger partial charge in [-0.3, -0.25) is 4.79 Å². The van der Waals surface area contributed by atoms with Gasteiger partial charge in [-0.05, 0) is 51.1 Å². The van der Waals surface area contributed by atoms with Crippen molar-refractivity contribution >= 4 is 46.6 Å². The molecule has 1 unspecified atom stereocenters. The lowest BCUT2D eigenvalue weighted by molar-refractivity contribution is -0.113. The van der Waals surface area contributed by atoms with Gasteiger partial charge in [0.2, 0.25) is 5.91 Å². The largest absolute Gasteiger partial charge is 0.493 e. The maximum absolute atomic E-state index is 12.4. The molecular weight excluding hydrogens is 471 g/mol. The summed E-state index contributed by atoms with van der Waals surface area (Å²) in [7, 11) is 1.60. The van der Waals surface area contributed by atoms with E-state index in [9.17, 15) is 4.79 Å². The highest BCUT2D eigenvalue weighted by molar-refractivity contribution is 7.99. The highest BCUT2D eigenvalue weighted by Crippen LogP contribution is 2.32. The summed E-state index contributed by atoms with van der Waals surface area (Å²) in [6, 6.07) is 12.4. The number of methoxy groups -OCH3 is 1. The van der Waals surface area contributed by atoms with E-state index in [0.29, 0.717) is 38.2 Å². The lowest BCUT2D eigenvalue weighted by Gasteiger charge is -2.19. The van der Waals surface area contributed by atoms with Crippen LogP contribution in [0.4, 0.5) is 5.69 Å². The van der Waals surface area contributed by atoms with Crippen LogP contribution in [0.1, 0.15) is 38.7 Å². The highest BCUT2D eigenvalue weighted by atomic mass is 35.5. The van der Waals surface area contributed by atoms with Gasteiger partial charge in [0.05, 0.1) is 23.6 Å². The first-order chi connectivity index (χ1) is 15.3. The minimum Gasteiger partial charge on any atom is -0.493 e. The first-order valence-electron chi connectivity index (χ1n) is 9.92. The third-order valence-corrected chi connectivity index (χ3v) is 5.97. The number of nitrogens with zero attached hydrogens (tertiary/aromatic N) is 3. The number of nitrogens with one attached hydrogen (secondary N) is 1. The van der Waals surface area contributed by atoms with Crippen LogP contribution < -0.4 is 14.8 Å². The minimum absolute atomic E-state index is 0.0694. The fourth-order valence-corrected chi connectivity index (χ4v) is 4.35. The van der Waals surface area contributed by atoms with Crippen molar-refractivity contribution < 1.29 is 14.3 Å². The van der Waals surface area contributed by atoms with Crippen LogP contribution in [-0.4, -0.2) is 33.5 Å². The summed E-state index contributed by atoms with van der Waals surface area (Å²) >= 11 is 13.3. The molecule has 1 atom stereocenters. The monoisotopic (exact) mass is 494 g/mol. The predicted molar refractivity (Wildman–Crippen MR) is 128 cm³/mol. The van der Waals surface area contributed by atoms with Crippen LogP contribution in [-0.2, 0) is 4.79 Å². The van der Waals surface area contributed by atoms with Crippen molar-refractivity contribution in [2.75, 3.05) is 18.2 Å². The molecule has 32 heavy (non-hydrogen) atoms. The third kappa shape index (κ3) is 5.88. The first-order valence-corrected chi connectivity index (χ1v) is 11.7. The maximum atomic E-state index is 12.4. The van der Waals surface area contributed by atoms with E-state index in [1.54, 1.807) is 25.3 Å². The molecule has 1 heterocycles. The molecule has 170 valence electrons. The molecule has 0 aliphatic heterocycles. The molecule has 0 bridgehead atoms. The zero-order valence-corrected chi connectivity index (χ0v) is 20.5. The number of anilines is 1. The van der Waals surface area contributed by atoms with Gasteiger partial charge in [0.15, 0.2) is 28.6 Å². The van der Waals surface area contributed by atoms with Crippen molar-refractivity contribution in [2.45, 2.75) is 38.1 Å². The Balaban J connectivity index is 1.71. The smallest absolute Gasteiger partial charge is 0.234 e. The van der Waals surface area contributed by atoms with E-state index < -0.39 is 0 Å². The molecule has 0 saturated heterocycles. The number of carbonyl (C=O) groups is 1. The predicted octanol–water partition coefficient (Wildman–Crippen LogP) is 6.05. The number of halogens is 2. The molecule has 3 aromatic rings. The lowest BCUT2D eigenvalue weighted by Crippen LogP contribution is -2.17. The molecule has 1 amide bonds. The highest BCUT2D eigenvalue weighted by Gasteiger charge is 2.23. The van der Waals surface area contributed by atoms with Crippen LogP contribution in [0.2, 0.25) is 10.0 Å². The van der Waals surface area contributed by atoms with Crippen molar-refractivity contribution in [3.05, 3.63) is 58.3 Å². The quantitative estimate of drug-likeness (QED) is 0.365. The van der Waals surface area contributed by atoms with Gasteiger partial charge in [0.1, 0.15) is 0 Å². The van der Waals surface area contributed by atoms with E-state index in [1.165, 1.54) is 11.8 Å². The average Bonchev–Trinajstić information content (AvgIpc) is 3.19. The molecule has 10 heteroatoms. The van der Waals surface area contributed by atoms with Crippen LogP contribution in [0.3, 0.4) is 0 Å². The number of para-hydroxylation sites is 2. The molecular formula is C22H24Cl2N4O3S. The average molecular weight is 495 g/mol. The summed E-state index contributed by atoms with van der Waals surface area (Å²) in [5.41, 5.74) is 0.506. The van der Waals surface area contributed by atoms with Crippen LogP contribution in [0.15, 0.2) is 47.6 Å². The summed E-state index contributed by atoms with van der Waals surface area (Å²) in [5, 5.41) is 12.9. The van der Waals surface area contributed by atoms with Gasteiger partial charge in [0, 0.05) is 11.1 Å². The fraction of sp³-hybridized carbons (Fsp3) is 0.318. The van der Waals surface area contributed by atoms with Gasteiger partial charge >= 0.3 is 0 Å². The molecule has 7 nitrogen and oxygen atoms in total. The van der Waals surface area contributed by atoms with Gasteiger partial charge in [-0.2, -0.15) is 0 Å². The lowest BCUT2D eigenvalue weighted by atomic mass is 10.3. The van der Waals surface area contributed by atoms with Gasteiger partial charge in [-0.1, -0.05) is 47.1 Å². The summed E-state index contributed by atoms with van der Waals surface area (Å²) < 4.78 is 13.4. The van der Waals surface area contributed by atoms with Gasteiger partial charge in [0.25, 0.3) is 0 Å². The molecule has 3 rings (SSSR count). The second-order valence-electron chi connectivity index (χ2n) is 7.18. The molecule has 2 aromatic carbocycles. The Morgan fingerprint density at radius 1 is 1.12 bits per heavy atom. The van der Waals surface area contributed by atoms with Crippen molar-refractivity contribution in [2.24, 2.45) is 0 Å². The summed E-state index contributed by atoms with van der Waals surface area (Å²) in [6.45, 7) is 5.96. The molecule has 0 aliphatic carbocycles. The van der Waals surface area contributed by atoms with Crippen molar-refractivity contribution in [3.63, 3.8) is 0 Å². The number of hydrogen-bond acceptors (Lipinski definition) is 6. The zero-order valence-electron chi connectivity index (χ0n) is 18.1. The van der Waals surface area contributed by atoms with E-state index in [0.717, 1.165) is 0 Å². The SMILES string of the molecule is COc1ccccc1OC(C)c1nnc(SCC(=O)Nc2ccc(Cl)cc2Cl)n1C(C)C. The summed E-state index contributed by atoms with van der Waals surface area (Å²) in [4.78, 5) is 12.4. The number of hydrogen-bond donors (Lipinski definition) is 1. The molecule has 0 radical (unpaired) electrons. The number of benzene rings is 2. The number of carbonyl (C=O) groups excluding carboxylic acids is 1. The number of aromatic nitrogens is 3. The number of rotatable bonds is 9. The van der Waals surface area contributed by atoms with E-state index in [-0.39, 0.29) is 23.8 Å². The molecule has 0 fully saturated rings. The van der Waals surface area contributed by atoms with E-state index >= 15 is 0 Å². The Labute approximate surface area is 201 Å². The fourth-order valence-electron chi connectivity index (χ4n) is 3.02. The van der Waals surface area contributed by atoms with Gasteiger partial charge in [-0.25, -0.2) is 0 Å². The van der Waals surface area contributed by atoms with Crippen LogP contribution in [0.25, 0.3) is 0 Å². The molecule has 0 aliphatic rings. The summed E-state index contributed by atoms with van der Waals surface area (Å²) in [5.74, 6) is 1.86. The van der Waals surface area contributed by atoms with E-state index in [2.05, 4.69) is 15.5 Å². The standard InChI is InChI=1S/C22H24Cl2N4O3S/c1-13(2)28-21(14(3)31-19-8-6-5-7-18(19)30-4)26-27-22(28)32-12-20(29)25-17-10-9-15(23)11-16(17)24/h5-11,13-14H,12H2,1-4H3,(H,25,29). The van der Waals surface area contributed by atoms with Gasteiger partial charge in [-0.15, -0.1) is 10.2 Å². The minimum atomic E-state index is -0.378. The zero-order chi connectivity index (χ0) is 23.3. The normalized spacial score (nSPS) is 12.0. The van der Waals surface area contributed by atoms with E-state index in [4.69, 9.17) is 32.7 Å². The molecule has 1 N–H and O–H groups in total. The molecule has 0 saturated carbocycles. The van der Waals surface area contributed by atoms with Gasteiger partial charge < -0.3 is 19.4 Å². The maximum Gasteiger partial charge on any atom is 0.234 e. The Morgan fingerprint density at radius 3 is 2.50 bits per heavy atom.